The molecule has 1 aromatic heterocycles. The predicted octanol–water partition coefficient (Wildman–Crippen LogP) is 0.402. The summed E-state index contributed by atoms with van der Waals surface area (Å²) in [6, 6.07) is 1.31. The SMILES string of the molecule is Cc1cc(NC(=O)CN2CCN(C(C(=O)O)C3CC3)CC2)no1. The van der Waals surface area contributed by atoms with Crippen molar-refractivity contribution in [1.29, 1.82) is 0 Å². The second-order valence-corrected chi connectivity index (χ2v) is 6.30. The van der Waals surface area contributed by atoms with E-state index in [2.05, 4.69) is 10.5 Å². The van der Waals surface area contributed by atoms with E-state index in [0.717, 1.165) is 12.8 Å². The fraction of sp³-hybridized carbons (Fsp3) is 0.667. The molecule has 1 saturated carbocycles. The first kappa shape index (κ1) is 15.9. The van der Waals surface area contributed by atoms with Crippen LogP contribution in [0.3, 0.4) is 0 Å². The number of carboxylic acid groups (broad SMARTS) is 1. The van der Waals surface area contributed by atoms with E-state index in [9.17, 15) is 14.7 Å². The lowest BCUT2D eigenvalue weighted by Gasteiger charge is -2.37. The first-order chi connectivity index (χ1) is 11.0. The van der Waals surface area contributed by atoms with Gasteiger partial charge < -0.3 is 14.9 Å². The average molecular weight is 322 g/mol. The monoisotopic (exact) mass is 322 g/mol. The van der Waals surface area contributed by atoms with Gasteiger partial charge in [0.25, 0.3) is 0 Å². The Morgan fingerprint density at radius 2 is 2.09 bits per heavy atom. The van der Waals surface area contributed by atoms with Crippen LogP contribution in [-0.2, 0) is 9.59 Å². The highest BCUT2D eigenvalue weighted by Gasteiger charge is 2.41. The van der Waals surface area contributed by atoms with E-state index in [0.29, 0.717) is 43.7 Å². The molecule has 1 aliphatic heterocycles. The van der Waals surface area contributed by atoms with Crippen molar-refractivity contribution >= 4 is 17.7 Å². The van der Waals surface area contributed by atoms with Gasteiger partial charge in [0.2, 0.25) is 5.91 Å². The first-order valence-corrected chi connectivity index (χ1v) is 7.95. The number of aryl methyl sites for hydroxylation is 1. The van der Waals surface area contributed by atoms with Crippen molar-refractivity contribution in [3.63, 3.8) is 0 Å². The molecule has 8 nitrogen and oxygen atoms in total. The van der Waals surface area contributed by atoms with Crippen molar-refractivity contribution in [2.24, 2.45) is 5.92 Å². The minimum atomic E-state index is -0.722. The molecule has 1 amide bonds. The molecule has 3 rings (SSSR count). The maximum atomic E-state index is 12.0. The Bertz CT molecular complexity index is 576. The third-order valence-electron chi connectivity index (χ3n) is 4.38. The Balaban J connectivity index is 1.45. The highest BCUT2D eigenvalue weighted by Crippen LogP contribution is 2.35. The van der Waals surface area contributed by atoms with Gasteiger partial charge in [-0.2, -0.15) is 0 Å². The molecular weight excluding hydrogens is 300 g/mol. The standard InChI is InChI=1S/C15H22N4O4/c1-10-8-12(17-23-10)16-13(20)9-18-4-6-19(7-5-18)14(15(21)22)11-2-3-11/h8,11,14H,2-7,9H2,1H3,(H,21,22)(H,16,17,20). The molecule has 2 N–H and O–H groups in total. The zero-order valence-corrected chi connectivity index (χ0v) is 13.2. The number of amides is 1. The summed E-state index contributed by atoms with van der Waals surface area (Å²) in [7, 11) is 0. The third-order valence-corrected chi connectivity index (χ3v) is 4.38. The molecule has 1 atom stereocenters. The Kier molecular flexibility index (Phi) is 4.63. The molecule has 8 heteroatoms. The molecule has 0 bridgehead atoms. The molecule has 1 unspecified atom stereocenters. The minimum absolute atomic E-state index is 0.135. The lowest BCUT2D eigenvalue weighted by molar-refractivity contribution is -0.145. The molecule has 1 aliphatic carbocycles. The lowest BCUT2D eigenvalue weighted by Crippen LogP contribution is -2.54. The number of anilines is 1. The zero-order valence-electron chi connectivity index (χ0n) is 13.2. The van der Waals surface area contributed by atoms with Gasteiger partial charge in [-0.25, -0.2) is 0 Å². The van der Waals surface area contributed by atoms with Gasteiger partial charge in [0.1, 0.15) is 11.8 Å². The van der Waals surface area contributed by atoms with Crippen LogP contribution in [-0.4, -0.2) is 70.7 Å². The van der Waals surface area contributed by atoms with Gasteiger partial charge in [-0.3, -0.25) is 19.4 Å². The van der Waals surface area contributed by atoms with Gasteiger partial charge in [0.15, 0.2) is 5.82 Å². The van der Waals surface area contributed by atoms with E-state index in [4.69, 9.17) is 4.52 Å². The van der Waals surface area contributed by atoms with Crippen LogP contribution in [0.5, 0.6) is 0 Å². The molecule has 2 fully saturated rings. The summed E-state index contributed by atoms with van der Waals surface area (Å²) in [5.74, 6) is 0.515. The van der Waals surface area contributed by atoms with Gasteiger partial charge >= 0.3 is 5.97 Å². The van der Waals surface area contributed by atoms with Crippen LogP contribution in [0.4, 0.5) is 5.82 Å². The van der Waals surface area contributed by atoms with Crippen LogP contribution in [0, 0.1) is 12.8 Å². The molecule has 1 saturated heterocycles. The maximum Gasteiger partial charge on any atom is 0.321 e. The van der Waals surface area contributed by atoms with Crippen LogP contribution < -0.4 is 5.32 Å². The van der Waals surface area contributed by atoms with E-state index >= 15 is 0 Å². The Labute approximate surface area is 134 Å². The fourth-order valence-electron chi connectivity index (χ4n) is 3.08. The Morgan fingerprint density at radius 3 is 2.61 bits per heavy atom. The van der Waals surface area contributed by atoms with Crippen molar-refractivity contribution in [3.05, 3.63) is 11.8 Å². The molecule has 2 heterocycles. The molecule has 0 aromatic carbocycles. The van der Waals surface area contributed by atoms with Crippen LogP contribution in [0.2, 0.25) is 0 Å². The van der Waals surface area contributed by atoms with E-state index in [1.165, 1.54) is 0 Å². The highest BCUT2D eigenvalue weighted by molar-refractivity contribution is 5.91. The lowest BCUT2D eigenvalue weighted by atomic mass is 10.1. The second kappa shape index (κ2) is 6.67. The summed E-state index contributed by atoms with van der Waals surface area (Å²) in [4.78, 5) is 27.5. The predicted molar refractivity (Wildman–Crippen MR) is 82.0 cm³/mol. The molecule has 2 aliphatic rings. The quantitative estimate of drug-likeness (QED) is 0.782. The van der Waals surface area contributed by atoms with Crippen molar-refractivity contribution in [3.8, 4) is 0 Å². The van der Waals surface area contributed by atoms with Crippen molar-refractivity contribution in [1.82, 2.24) is 15.0 Å². The largest absolute Gasteiger partial charge is 0.480 e. The number of hydrogen-bond donors (Lipinski definition) is 2. The third kappa shape index (κ3) is 4.08. The van der Waals surface area contributed by atoms with Gasteiger partial charge in [-0.05, 0) is 25.7 Å². The number of carbonyl (C=O) groups excluding carboxylic acids is 1. The summed E-state index contributed by atoms with van der Waals surface area (Å²) in [6.45, 7) is 4.80. The first-order valence-electron chi connectivity index (χ1n) is 7.95. The number of carboxylic acids is 1. The summed E-state index contributed by atoms with van der Waals surface area (Å²) >= 11 is 0. The number of aromatic nitrogens is 1. The van der Waals surface area contributed by atoms with Crippen LogP contribution in [0.25, 0.3) is 0 Å². The van der Waals surface area contributed by atoms with Gasteiger partial charge in [-0.15, -0.1) is 0 Å². The van der Waals surface area contributed by atoms with Crippen LogP contribution in [0.15, 0.2) is 10.6 Å². The van der Waals surface area contributed by atoms with E-state index in [-0.39, 0.29) is 18.5 Å². The molecule has 23 heavy (non-hydrogen) atoms. The smallest absolute Gasteiger partial charge is 0.321 e. The summed E-state index contributed by atoms with van der Waals surface area (Å²) in [5, 5.41) is 15.8. The average Bonchev–Trinajstić information content (AvgIpc) is 3.23. The van der Waals surface area contributed by atoms with Crippen LogP contribution >= 0.6 is 0 Å². The molecular formula is C15H22N4O4. The van der Waals surface area contributed by atoms with Gasteiger partial charge in [0.05, 0.1) is 6.54 Å². The van der Waals surface area contributed by atoms with Crippen molar-refractivity contribution in [2.45, 2.75) is 25.8 Å². The Hall–Kier alpha value is -1.93. The zero-order chi connectivity index (χ0) is 16.4. The number of nitrogens with one attached hydrogen (secondary N) is 1. The maximum absolute atomic E-state index is 12.0. The normalized spacial score (nSPS) is 21.1. The minimum Gasteiger partial charge on any atom is -0.480 e. The Morgan fingerprint density at radius 1 is 1.39 bits per heavy atom. The molecule has 0 spiro atoms. The number of rotatable bonds is 6. The van der Waals surface area contributed by atoms with Crippen molar-refractivity contribution < 1.29 is 19.2 Å². The van der Waals surface area contributed by atoms with Crippen molar-refractivity contribution in [2.75, 3.05) is 38.0 Å². The van der Waals surface area contributed by atoms with Gasteiger partial charge in [-0.1, -0.05) is 5.16 Å². The molecule has 0 radical (unpaired) electrons. The van der Waals surface area contributed by atoms with E-state index in [1.54, 1.807) is 13.0 Å². The second-order valence-electron chi connectivity index (χ2n) is 6.30. The highest BCUT2D eigenvalue weighted by atomic mass is 16.5. The summed E-state index contributed by atoms with van der Waals surface area (Å²) in [5.41, 5.74) is 0. The van der Waals surface area contributed by atoms with E-state index < -0.39 is 5.97 Å². The number of aliphatic carboxylic acids is 1. The van der Waals surface area contributed by atoms with Gasteiger partial charge in [0, 0.05) is 32.2 Å². The molecule has 1 aromatic rings. The topological polar surface area (TPSA) is 98.9 Å². The summed E-state index contributed by atoms with van der Waals surface area (Å²) < 4.78 is 4.91. The van der Waals surface area contributed by atoms with Crippen LogP contribution in [0.1, 0.15) is 18.6 Å². The summed E-state index contributed by atoms with van der Waals surface area (Å²) in [6.07, 6.45) is 2.02. The fourth-order valence-corrected chi connectivity index (χ4v) is 3.08. The number of carbonyl (C=O) groups is 2. The molecule has 126 valence electrons. The number of nitrogens with zero attached hydrogens (tertiary/aromatic N) is 3. The number of piperazine rings is 1. The van der Waals surface area contributed by atoms with E-state index in [1.807, 2.05) is 9.80 Å². The number of hydrogen-bond acceptors (Lipinski definition) is 6.